The van der Waals surface area contributed by atoms with Gasteiger partial charge in [0.2, 0.25) is 0 Å². The molecule has 0 aliphatic carbocycles. The van der Waals surface area contributed by atoms with E-state index in [4.69, 9.17) is 10.5 Å². The van der Waals surface area contributed by atoms with Crippen LogP contribution in [0.25, 0.3) is 0 Å². The fraction of sp³-hybridized carbons (Fsp3) is 0.200. The molecule has 3 heteroatoms. The molecule has 0 aliphatic rings. The zero-order chi connectivity index (χ0) is 13.0. The average molecular weight is 306 g/mol. The fourth-order valence-electron chi connectivity index (χ4n) is 1.98. The van der Waals surface area contributed by atoms with Gasteiger partial charge in [0.05, 0.1) is 7.11 Å². The van der Waals surface area contributed by atoms with Gasteiger partial charge in [-0.15, -0.1) is 0 Å². The highest BCUT2D eigenvalue weighted by molar-refractivity contribution is 9.10. The molecule has 1 atom stereocenters. The Labute approximate surface area is 116 Å². The van der Waals surface area contributed by atoms with E-state index in [1.165, 1.54) is 5.56 Å². The summed E-state index contributed by atoms with van der Waals surface area (Å²) in [6.07, 6.45) is 0.780. The van der Waals surface area contributed by atoms with E-state index in [9.17, 15) is 0 Å². The number of benzene rings is 2. The number of rotatable bonds is 4. The summed E-state index contributed by atoms with van der Waals surface area (Å²) in [5.74, 6) is 0.844. The van der Waals surface area contributed by atoms with Crippen LogP contribution in [0.1, 0.15) is 17.2 Å². The van der Waals surface area contributed by atoms with Gasteiger partial charge in [0.1, 0.15) is 5.75 Å². The molecular formula is C15H16BrNO. The smallest absolute Gasteiger partial charge is 0.123 e. The van der Waals surface area contributed by atoms with Crippen LogP contribution in [0.5, 0.6) is 5.75 Å². The van der Waals surface area contributed by atoms with Gasteiger partial charge in [0.25, 0.3) is 0 Å². The van der Waals surface area contributed by atoms with Crippen molar-refractivity contribution in [1.29, 1.82) is 0 Å². The topological polar surface area (TPSA) is 35.2 Å². The largest absolute Gasteiger partial charge is 0.496 e. The number of halogens is 1. The monoisotopic (exact) mass is 305 g/mol. The van der Waals surface area contributed by atoms with Crippen molar-refractivity contribution in [2.75, 3.05) is 7.11 Å². The lowest BCUT2D eigenvalue weighted by Gasteiger charge is -2.16. The van der Waals surface area contributed by atoms with E-state index in [0.717, 1.165) is 22.2 Å². The third kappa shape index (κ3) is 2.92. The Morgan fingerprint density at radius 1 is 1.11 bits per heavy atom. The highest BCUT2D eigenvalue weighted by Gasteiger charge is 2.13. The van der Waals surface area contributed by atoms with E-state index in [-0.39, 0.29) is 6.04 Å². The Morgan fingerprint density at radius 3 is 2.50 bits per heavy atom. The van der Waals surface area contributed by atoms with Crippen LogP contribution in [0.3, 0.4) is 0 Å². The second-order valence-corrected chi connectivity index (χ2v) is 5.00. The number of ether oxygens (including phenoxy) is 1. The minimum atomic E-state index is -0.0696. The lowest BCUT2D eigenvalue weighted by Crippen LogP contribution is -2.14. The first-order chi connectivity index (χ1) is 8.72. The van der Waals surface area contributed by atoms with Crippen molar-refractivity contribution >= 4 is 15.9 Å². The normalized spacial score (nSPS) is 12.2. The molecule has 0 heterocycles. The minimum Gasteiger partial charge on any atom is -0.496 e. The lowest BCUT2D eigenvalue weighted by molar-refractivity contribution is 0.405. The van der Waals surface area contributed by atoms with Crippen LogP contribution in [0.4, 0.5) is 0 Å². The molecule has 0 aromatic heterocycles. The van der Waals surface area contributed by atoms with E-state index in [1.807, 2.05) is 42.5 Å². The third-order valence-corrected chi connectivity index (χ3v) is 3.71. The van der Waals surface area contributed by atoms with Crippen LogP contribution < -0.4 is 10.5 Å². The first kappa shape index (κ1) is 13.1. The zero-order valence-corrected chi connectivity index (χ0v) is 11.9. The summed E-state index contributed by atoms with van der Waals surface area (Å²) in [6.45, 7) is 0. The third-order valence-electron chi connectivity index (χ3n) is 2.94. The van der Waals surface area contributed by atoms with E-state index < -0.39 is 0 Å². The maximum atomic E-state index is 6.27. The molecule has 0 saturated heterocycles. The predicted octanol–water partition coefficient (Wildman–Crippen LogP) is 3.70. The molecule has 0 radical (unpaired) electrons. The van der Waals surface area contributed by atoms with Crippen molar-refractivity contribution in [1.82, 2.24) is 0 Å². The maximum absolute atomic E-state index is 6.27. The van der Waals surface area contributed by atoms with Crippen LogP contribution in [-0.2, 0) is 6.42 Å². The summed E-state index contributed by atoms with van der Waals surface area (Å²) < 4.78 is 6.44. The molecule has 2 N–H and O–H groups in total. The number of nitrogens with two attached hydrogens (primary N) is 1. The number of hydrogen-bond acceptors (Lipinski definition) is 2. The van der Waals surface area contributed by atoms with Crippen LogP contribution in [0, 0.1) is 0 Å². The Bertz CT molecular complexity index is 527. The summed E-state index contributed by atoms with van der Waals surface area (Å²) in [4.78, 5) is 0. The first-order valence-corrected chi connectivity index (χ1v) is 6.63. The summed E-state index contributed by atoms with van der Waals surface area (Å²) >= 11 is 3.55. The van der Waals surface area contributed by atoms with Gasteiger partial charge in [-0.2, -0.15) is 0 Å². The highest BCUT2D eigenvalue weighted by Crippen LogP contribution is 2.27. The number of para-hydroxylation sites is 1. The van der Waals surface area contributed by atoms with Crippen LogP contribution >= 0.6 is 15.9 Å². The summed E-state index contributed by atoms with van der Waals surface area (Å²) in [7, 11) is 1.67. The second-order valence-electron chi connectivity index (χ2n) is 4.14. The number of hydrogen-bond donors (Lipinski definition) is 1. The maximum Gasteiger partial charge on any atom is 0.123 e. The Balaban J connectivity index is 2.22. The van der Waals surface area contributed by atoms with Gasteiger partial charge in [0.15, 0.2) is 0 Å². The molecule has 0 bridgehead atoms. The SMILES string of the molecule is COc1ccccc1C(N)Cc1ccccc1Br. The Morgan fingerprint density at radius 2 is 1.78 bits per heavy atom. The minimum absolute atomic E-state index is 0.0696. The fourth-order valence-corrected chi connectivity index (χ4v) is 2.43. The molecule has 2 aromatic carbocycles. The van der Waals surface area contributed by atoms with E-state index in [0.29, 0.717) is 0 Å². The molecule has 1 unspecified atom stereocenters. The molecule has 2 aromatic rings. The van der Waals surface area contributed by atoms with Crippen LogP contribution in [0.15, 0.2) is 53.0 Å². The van der Waals surface area contributed by atoms with Crippen LogP contribution in [-0.4, -0.2) is 7.11 Å². The number of methoxy groups -OCH3 is 1. The van der Waals surface area contributed by atoms with Gasteiger partial charge in [0, 0.05) is 16.1 Å². The molecule has 2 rings (SSSR count). The second kappa shape index (κ2) is 6.03. The molecule has 0 fully saturated rings. The molecule has 0 amide bonds. The van der Waals surface area contributed by atoms with Crippen molar-refractivity contribution in [2.24, 2.45) is 5.73 Å². The van der Waals surface area contributed by atoms with Crippen molar-refractivity contribution in [3.05, 3.63) is 64.1 Å². The Kier molecular flexibility index (Phi) is 4.39. The lowest BCUT2D eigenvalue weighted by atomic mass is 9.99. The molecule has 0 spiro atoms. The summed E-state index contributed by atoms with van der Waals surface area (Å²) in [6, 6.07) is 16.0. The summed E-state index contributed by atoms with van der Waals surface area (Å²) in [5.41, 5.74) is 8.51. The molecule has 0 aliphatic heterocycles. The predicted molar refractivity (Wildman–Crippen MR) is 77.8 cm³/mol. The quantitative estimate of drug-likeness (QED) is 0.935. The van der Waals surface area contributed by atoms with Gasteiger partial charge in [-0.05, 0) is 24.1 Å². The Hall–Kier alpha value is -1.32. The van der Waals surface area contributed by atoms with E-state index in [2.05, 4.69) is 22.0 Å². The molecule has 2 nitrogen and oxygen atoms in total. The van der Waals surface area contributed by atoms with E-state index >= 15 is 0 Å². The molecule has 18 heavy (non-hydrogen) atoms. The zero-order valence-electron chi connectivity index (χ0n) is 10.3. The van der Waals surface area contributed by atoms with Gasteiger partial charge >= 0.3 is 0 Å². The van der Waals surface area contributed by atoms with E-state index in [1.54, 1.807) is 7.11 Å². The van der Waals surface area contributed by atoms with Gasteiger partial charge < -0.3 is 10.5 Å². The van der Waals surface area contributed by atoms with Gasteiger partial charge in [-0.25, -0.2) is 0 Å². The van der Waals surface area contributed by atoms with Crippen molar-refractivity contribution in [2.45, 2.75) is 12.5 Å². The first-order valence-electron chi connectivity index (χ1n) is 5.84. The highest BCUT2D eigenvalue weighted by atomic mass is 79.9. The van der Waals surface area contributed by atoms with Gasteiger partial charge in [-0.1, -0.05) is 52.3 Å². The average Bonchev–Trinajstić information content (AvgIpc) is 2.41. The van der Waals surface area contributed by atoms with Gasteiger partial charge in [-0.3, -0.25) is 0 Å². The standard InChI is InChI=1S/C15H16BrNO/c1-18-15-9-5-3-7-12(15)14(17)10-11-6-2-4-8-13(11)16/h2-9,14H,10,17H2,1H3. The summed E-state index contributed by atoms with van der Waals surface area (Å²) in [5, 5.41) is 0. The molecular weight excluding hydrogens is 290 g/mol. The van der Waals surface area contributed by atoms with Crippen molar-refractivity contribution in [3.63, 3.8) is 0 Å². The van der Waals surface area contributed by atoms with Crippen LogP contribution in [0.2, 0.25) is 0 Å². The molecule has 0 saturated carbocycles. The molecule has 94 valence electrons. The van der Waals surface area contributed by atoms with Crippen molar-refractivity contribution < 1.29 is 4.74 Å². The van der Waals surface area contributed by atoms with Crippen molar-refractivity contribution in [3.8, 4) is 5.75 Å².